The molecule has 0 unspecified atom stereocenters. The lowest BCUT2D eigenvalue weighted by atomic mass is 10.1. The molecule has 0 aliphatic rings. The van der Waals surface area contributed by atoms with E-state index in [2.05, 4.69) is 11.9 Å². The van der Waals surface area contributed by atoms with Gasteiger partial charge in [0.1, 0.15) is 6.61 Å². The van der Waals surface area contributed by atoms with Gasteiger partial charge in [-0.15, -0.1) is 6.58 Å². The van der Waals surface area contributed by atoms with Crippen LogP contribution in [0, 0.1) is 0 Å². The highest BCUT2D eigenvalue weighted by molar-refractivity contribution is 6.30. The first kappa shape index (κ1) is 16.4. The molecule has 0 aliphatic heterocycles. The molecule has 2 aromatic carbocycles. The molecule has 2 rings (SSSR count). The van der Waals surface area contributed by atoms with Gasteiger partial charge < -0.3 is 14.8 Å². The summed E-state index contributed by atoms with van der Waals surface area (Å²) < 4.78 is 11.4. The maximum atomic E-state index is 6.15. The summed E-state index contributed by atoms with van der Waals surface area (Å²) in [7, 11) is 1.61. The molecular formula is C18H20ClNO2. The van der Waals surface area contributed by atoms with E-state index in [0.29, 0.717) is 36.2 Å². The van der Waals surface area contributed by atoms with Gasteiger partial charge in [-0.05, 0) is 11.6 Å². The second-order valence-corrected chi connectivity index (χ2v) is 5.23. The fraction of sp³-hybridized carbons (Fsp3) is 0.222. The SMILES string of the molecule is C=CCNCc1cc(Cl)cc(OC)c1OCc1ccccc1. The first-order chi connectivity index (χ1) is 10.7. The summed E-state index contributed by atoms with van der Waals surface area (Å²) in [5.74, 6) is 1.35. The van der Waals surface area contributed by atoms with Crippen molar-refractivity contribution in [2.45, 2.75) is 13.2 Å². The van der Waals surface area contributed by atoms with Gasteiger partial charge in [0, 0.05) is 29.7 Å². The zero-order chi connectivity index (χ0) is 15.8. The van der Waals surface area contributed by atoms with Gasteiger partial charge >= 0.3 is 0 Å². The van der Waals surface area contributed by atoms with E-state index in [9.17, 15) is 0 Å². The molecule has 1 N–H and O–H groups in total. The van der Waals surface area contributed by atoms with Crippen LogP contribution in [-0.4, -0.2) is 13.7 Å². The van der Waals surface area contributed by atoms with E-state index in [-0.39, 0.29) is 0 Å². The molecule has 0 saturated carbocycles. The van der Waals surface area contributed by atoms with Crippen molar-refractivity contribution >= 4 is 11.6 Å². The lowest BCUT2D eigenvalue weighted by molar-refractivity contribution is 0.281. The molecular weight excluding hydrogens is 298 g/mol. The monoisotopic (exact) mass is 317 g/mol. The summed E-state index contributed by atoms with van der Waals surface area (Å²) in [5, 5.41) is 3.88. The highest BCUT2D eigenvalue weighted by Crippen LogP contribution is 2.35. The molecule has 0 saturated heterocycles. The van der Waals surface area contributed by atoms with E-state index in [1.54, 1.807) is 13.2 Å². The quantitative estimate of drug-likeness (QED) is 0.584. The first-order valence-corrected chi connectivity index (χ1v) is 7.47. The molecule has 0 spiro atoms. The largest absolute Gasteiger partial charge is 0.493 e. The van der Waals surface area contributed by atoms with Gasteiger partial charge in [-0.3, -0.25) is 0 Å². The van der Waals surface area contributed by atoms with Crippen LogP contribution in [0.2, 0.25) is 5.02 Å². The Bertz CT molecular complexity index is 614. The lowest BCUT2D eigenvalue weighted by Gasteiger charge is -2.16. The smallest absolute Gasteiger partial charge is 0.166 e. The molecule has 0 aromatic heterocycles. The number of rotatable bonds is 8. The van der Waals surface area contributed by atoms with Crippen LogP contribution in [0.25, 0.3) is 0 Å². The molecule has 0 aliphatic carbocycles. The molecule has 4 heteroatoms. The van der Waals surface area contributed by atoms with Gasteiger partial charge in [0.2, 0.25) is 0 Å². The third kappa shape index (κ3) is 4.52. The Kier molecular flexibility index (Phi) is 6.31. The van der Waals surface area contributed by atoms with Crippen LogP contribution in [0.15, 0.2) is 55.1 Å². The fourth-order valence-corrected chi connectivity index (χ4v) is 2.34. The Balaban J connectivity index is 2.20. The number of hydrogen-bond acceptors (Lipinski definition) is 3. The van der Waals surface area contributed by atoms with Crippen molar-refractivity contribution in [2.75, 3.05) is 13.7 Å². The predicted octanol–water partition coefficient (Wildman–Crippen LogP) is 4.20. The number of hydrogen-bond donors (Lipinski definition) is 1. The molecule has 0 fully saturated rings. The van der Waals surface area contributed by atoms with Crippen molar-refractivity contribution in [1.29, 1.82) is 0 Å². The highest BCUT2D eigenvalue weighted by Gasteiger charge is 2.13. The Labute approximate surface area is 136 Å². The maximum absolute atomic E-state index is 6.15. The van der Waals surface area contributed by atoms with Gasteiger partial charge in [-0.25, -0.2) is 0 Å². The minimum absolute atomic E-state index is 0.479. The van der Waals surface area contributed by atoms with Crippen molar-refractivity contribution < 1.29 is 9.47 Å². The van der Waals surface area contributed by atoms with Crippen molar-refractivity contribution in [3.63, 3.8) is 0 Å². The summed E-state index contributed by atoms with van der Waals surface area (Å²) in [6.45, 7) is 5.52. The molecule has 116 valence electrons. The minimum atomic E-state index is 0.479. The minimum Gasteiger partial charge on any atom is -0.493 e. The average Bonchev–Trinajstić information content (AvgIpc) is 2.54. The van der Waals surface area contributed by atoms with E-state index in [4.69, 9.17) is 21.1 Å². The predicted molar refractivity (Wildman–Crippen MR) is 90.7 cm³/mol. The number of benzene rings is 2. The number of ether oxygens (including phenoxy) is 2. The molecule has 0 atom stereocenters. The second kappa shape index (κ2) is 8.47. The topological polar surface area (TPSA) is 30.5 Å². The normalized spacial score (nSPS) is 10.3. The summed E-state index contributed by atoms with van der Waals surface area (Å²) in [5.41, 5.74) is 2.06. The lowest BCUT2D eigenvalue weighted by Crippen LogP contribution is -2.14. The number of halogens is 1. The van der Waals surface area contributed by atoms with Crippen LogP contribution >= 0.6 is 11.6 Å². The molecule has 0 heterocycles. The Morgan fingerprint density at radius 2 is 2.00 bits per heavy atom. The van der Waals surface area contributed by atoms with E-state index >= 15 is 0 Å². The molecule has 0 bridgehead atoms. The summed E-state index contributed by atoms with van der Waals surface area (Å²) in [6, 6.07) is 13.7. The Morgan fingerprint density at radius 3 is 2.68 bits per heavy atom. The zero-order valence-electron chi connectivity index (χ0n) is 12.6. The van der Waals surface area contributed by atoms with Crippen molar-refractivity contribution in [2.24, 2.45) is 0 Å². The molecule has 0 radical (unpaired) electrons. The average molecular weight is 318 g/mol. The Morgan fingerprint density at radius 1 is 1.23 bits per heavy atom. The summed E-state index contributed by atoms with van der Waals surface area (Å²) in [4.78, 5) is 0. The van der Waals surface area contributed by atoms with Crippen LogP contribution in [0.5, 0.6) is 11.5 Å². The molecule has 22 heavy (non-hydrogen) atoms. The maximum Gasteiger partial charge on any atom is 0.166 e. The van der Waals surface area contributed by atoms with E-state index < -0.39 is 0 Å². The van der Waals surface area contributed by atoms with Gasteiger partial charge in [-0.1, -0.05) is 48.0 Å². The van der Waals surface area contributed by atoms with Crippen molar-refractivity contribution in [1.82, 2.24) is 5.32 Å². The zero-order valence-corrected chi connectivity index (χ0v) is 13.4. The van der Waals surface area contributed by atoms with Crippen LogP contribution in [0.4, 0.5) is 0 Å². The van der Waals surface area contributed by atoms with Crippen molar-refractivity contribution in [3.05, 3.63) is 71.3 Å². The molecule has 3 nitrogen and oxygen atoms in total. The van der Waals surface area contributed by atoms with E-state index in [1.807, 2.05) is 42.5 Å². The highest BCUT2D eigenvalue weighted by atomic mass is 35.5. The van der Waals surface area contributed by atoms with E-state index in [0.717, 1.165) is 11.1 Å². The van der Waals surface area contributed by atoms with Crippen LogP contribution in [0.1, 0.15) is 11.1 Å². The van der Waals surface area contributed by atoms with Gasteiger partial charge in [0.05, 0.1) is 7.11 Å². The van der Waals surface area contributed by atoms with Gasteiger partial charge in [0.25, 0.3) is 0 Å². The standard InChI is InChI=1S/C18H20ClNO2/c1-3-9-20-12-15-10-16(19)11-17(21-2)18(15)22-13-14-7-5-4-6-8-14/h3-8,10-11,20H,1,9,12-13H2,2H3. The van der Waals surface area contributed by atoms with Crippen LogP contribution < -0.4 is 14.8 Å². The fourth-order valence-electron chi connectivity index (χ4n) is 2.11. The third-order valence-corrected chi connectivity index (χ3v) is 3.36. The van der Waals surface area contributed by atoms with Crippen LogP contribution in [0.3, 0.4) is 0 Å². The number of nitrogens with one attached hydrogen (secondary N) is 1. The van der Waals surface area contributed by atoms with Crippen LogP contribution in [-0.2, 0) is 13.2 Å². The molecule has 0 amide bonds. The summed E-state index contributed by atoms with van der Waals surface area (Å²) >= 11 is 6.15. The first-order valence-electron chi connectivity index (χ1n) is 7.09. The third-order valence-electron chi connectivity index (χ3n) is 3.15. The molecule has 2 aromatic rings. The number of methoxy groups -OCH3 is 1. The summed E-state index contributed by atoms with van der Waals surface area (Å²) in [6.07, 6.45) is 1.81. The van der Waals surface area contributed by atoms with Gasteiger partial charge in [0.15, 0.2) is 11.5 Å². The second-order valence-electron chi connectivity index (χ2n) is 4.79. The Hall–Kier alpha value is -1.97. The van der Waals surface area contributed by atoms with Crippen molar-refractivity contribution in [3.8, 4) is 11.5 Å². The van der Waals surface area contributed by atoms with E-state index in [1.165, 1.54) is 0 Å². The van der Waals surface area contributed by atoms with Gasteiger partial charge in [-0.2, -0.15) is 0 Å².